The summed E-state index contributed by atoms with van der Waals surface area (Å²) in [6.07, 6.45) is 1.68. The van der Waals surface area contributed by atoms with Crippen LogP contribution in [0.25, 0.3) is 0 Å². The van der Waals surface area contributed by atoms with E-state index >= 15 is 0 Å². The zero-order valence-corrected chi connectivity index (χ0v) is 10.0. The zero-order chi connectivity index (χ0) is 12.1. The Hall–Kier alpha value is -1.58. The Labute approximate surface area is 105 Å². The van der Waals surface area contributed by atoms with E-state index in [0.29, 0.717) is 24.1 Å². The molecule has 2 aromatic rings. The van der Waals surface area contributed by atoms with E-state index < -0.39 is 0 Å². The summed E-state index contributed by atoms with van der Waals surface area (Å²) in [5.74, 6) is 0.565. The van der Waals surface area contributed by atoms with Crippen LogP contribution in [0.1, 0.15) is 11.1 Å². The van der Waals surface area contributed by atoms with Gasteiger partial charge < -0.3 is 10.5 Å². The van der Waals surface area contributed by atoms with Crippen molar-refractivity contribution in [2.45, 2.75) is 13.2 Å². The molecule has 88 valence electrons. The maximum absolute atomic E-state index is 6.04. The molecule has 3 nitrogen and oxygen atoms in total. The average Bonchev–Trinajstić information content (AvgIpc) is 2.38. The van der Waals surface area contributed by atoms with E-state index in [9.17, 15) is 0 Å². The average molecular weight is 249 g/mol. The van der Waals surface area contributed by atoms with Gasteiger partial charge in [-0.3, -0.25) is 0 Å². The largest absolute Gasteiger partial charge is 0.473 e. The van der Waals surface area contributed by atoms with Gasteiger partial charge in [0.1, 0.15) is 6.61 Å². The molecule has 0 unspecified atom stereocenters. The van der Waals surface area contributed by atoms with Crippen molar-refractivity contribution in [3.63, 3.8) is 0 Å². The summed E-state index contributed by atoms with van der Waals surface area (Å²) < 4.78 is 5.62. The number of hydrogen-bond donors (Lipinski definition) is 1. The first-order valence-corrected chi connectivity index (χ1v) is 5.69. The third-order valence-electron chi connectivity index (χ3n) is 2.39. The van der Waals surface area contributed by atoms with Crippen LogP contribution in [0.5, 0.6) is 5.88 Å². The van der Waals surface area contributed by atoms with Crippen LogP contribution in [0.15, 0.2) is 42.6 Å². The normalized spacial score (nSPS) is 10.2. The van der Waals surface area contributed by atoms with Crippen LogP contribution in [0.2, 0.25) is 5.02 Å². The highest BCUT2D eigenvalue weighted by atomic mass is 35.5. The predicted octanol–water partition coefficient (Wildman–Crippen LogP) is 2.77. The summed E-state index contributed by atoms with van der Waals surface area (Å²) >= 11 is 6.04. The van der Waals surface area contributed by atoms with E-state index in [2.05, 4.69) is 4.98 Å². The highest BCUT2D eigenvalue weighted by molar-refractivity contribution is 6.31. The highest BCUT2D eigenvalue weighted by Crippen LogP contribution is 2.19. The second-order valence-electron chi connectivity index (χ2n) is 3.55. The van der Waals surface area contributed by atoms with Crippen molar-refractivity contribution in [1.82, 2.24) is 4.98 Å². The number of halogens is 1. The van der Waals surface area contributed by atoms with Crippen LogP contribution in [0.4, 0.5) is 0 Å². The van der Waals surface area contributed by atoms with Gasteiger partial charge >= 0.3 is 0 Å². The molecule has 0 aliphatic heterocycles. The van der Waals surface area contributed by atoms with Crippen molar-refractivity contribution in [3.8, 4) is 5.88 Å². The van der Waals surface area contributed by atoms with Gasteiger partial charge in [0.05, 0.1) is 0 Å². The second-order valence-corrected chi connectivity index (χ2v) is 3.96. The van der Waals surface area contributed by atoms with E-state index in [0.717, 1.165) is 11.1 Å². The van der Waals surface area contributed by atoms with Gasteiger partial charge in [-0.1, -0.05) is 35.9 Å². The van der Waals surface area contributed by atoms with E-state index in [1.807, 2.05) is 36.4 Å². The molecule has 17 heavy (non-hydrogen) atoms. The predicted molar refractivity (Wildman–Crippen MR) is 67.9 cm³/mol. The molecular weight excluding hydrogens is 236 g/mol. The van der Waals surface area contributed by atoms with Crippen LogP contribution in [0, 0.1) is 0 Å². The van der Waals surface area contributed by atoms with Gasteiger partial charge in [0.15, 0.2) is 0 Å². The smallest absolute Gasteiger partial charge is 0.218 e. The molecule has 0 fully saturated rings. The number of pyridine rings is 1. The fraction of sp³-hybridized carbons (Fsp3) is 0.154. The lowest BCUT2D eigenvalue weighted by atomic mass is 10.2. The molecule has 1 heterocycles. The van der Waals surface area contributed by atoms with Crippen molar-refractivity contribution in [3.05, 3.63) is 58.7 Å². The first-order valence-electron chi connectivity index (χ1n) is 5.31. The molecule has 1 aromatic heterocycles. The fourth-order valence-electron chi connectivity index (χ4n) is 1.47. The minimum Gasteiger partial charge on any atom is -0.473 e. The second kappa shape index (κ2) is 5.66. The van der Waals surface area contributed by atoms with Crippen LogP contribution < -0.4 is 10.5 Å². The molecule has 1 aromatic carbocycles. The monoisotopic (exact) mass is 248 g/mol. The maximum Gasteiger partial charge on any atom is 0.218 e. The molecule has 0 atom stereocenters. The molecule has 0 bridgehead atoms. The fourth-order valence-corrected chi connectivity index (χ4v) is 1.66. The Morgan fingerprint density at radius 1 is 1.12 bits per heavy atom. The van der Waals surface area contributed by atoms with Crippen LogP contribution >= 0.6 is 11.6 Å². The minimum atomic E-state index is 0.393. The summed E-state index contributed by atoms with van der Waals surface area (Å²) in [7, 11) is 0. The van der Waals surface area contributed by atoms with Gasteiger partial charge in [0, 0.05) is 28.9 Å². The van der Waals surface area contributed by atoms with Gasteiger partial charge in [-0.05, 0) is 12.1 Å². The Balaban J connectivity index is 2.10. The summed E-state index contributed by atoms with van der Waals surface area (Å²) in [5, 5.41) is 0.692. The van der Waals surface area contributed by atoms with Gasteiger partial charge in [0.25, 0.3) is 0 Å². The zero-order valence-electron chi connectivity index (χ0n) is 9.27. The van der Waals surface area contributed by atoms with Crippen molar-refractivity contribution in [1.29, 1.82) is 0 Å². The van der Waals surface area contributed by atoms with E-state index in [-0.39, 0.29) is 0 Å². The lowest BCUT2D eigenvalue weighted by Crippen LogP contribution is -2.04. The lowest BCUT2D eigenvalue weighted by Gasteiger charge is -2.09. The van der Waals surface area contributed by atoms with E-state index in [4.69, 9.17) is 22.1 Å². The molecule has 0 saturated carbocycles. The van der Waals surface area contributed by atoms with Crippen LogP contribution in [-0.4, -0.2) is 4.98 Å². The molecule has 0 radical (unpaired) electrons. The standard InChI is InChI=1S/C13H13ClN2O/c14-12-6-2-1-4-11(12)9-17-13-10(8-15)5-3-7-16-13/h1-7H,8-9,15H2. The molecule has 0 aliphatic rings. The number of nitrogens with zero attached hydrogens (tertiary/aromatic N) is 1. The van der Waals surface area contributed by atoms with Crippen molar-refractivity contribution in [2.24, 2.45) is 5.73 Å². The molecule has 0 spiro atoms. The Morgan fingerprint density at radius 3 is 2.65 bits per heavy atom. The van der Waals surface area contributed by atoms with Gasteiger partial charge in [-0.15, -0.1) is 0 Å². The first-order chi connectivity index (χ1) is 8.31. The first kappa shape index (κ1) is 11.9. The summed E-state index contributed by atoms with van der Waals surface area (Å²) in [6.45, 7) is 0.801. The van der Waals surface area contributed by atoms with Gasteiger partial charge in [-0.25, -0.2) is 4.98 Å². The van der Waals surface area contributed by atoms with E-state index in [1.165, 1.54) is 0 Å². The lowest BCUT2D eigenvalue weighted by molar-refractivity contribution is 0.290. The number of aromatic nitrogens is 1. The van der Waals surface area contributed by atoms with Gasteiger partial charge in [-0.2, -0.15) is 0 Å². The summed E-state index contributed by atoms with van der Waals surface area (Å²) in [4.78, 5) is 4.15. The third-order valence-corrected chi connectivity index (χ3v) is 2.76. The molecule has 2 rings (SSSR count). The highest BCUT2D eigenvalue weighted by Gasteiger charge is 2.04. The summed E-state index contributed by atoms with van der Waals surface area (Å²) in [5.41, 5.74) is 7.43. The van der Waals surface area contributed by atoms with Crippen molar-refractivity contribution >= 4 is 11.6 Å². The number of ether oxygens (including phenoxy) is 1. The number of rotatable bonds is 4. The Morgan fingerprint density at radius 2 is 1.88 bits per heavy atom. The van der Waals surface area contributed by atoms with Crippen molar-refractivity contribution < 1.29 is 4.74 Å². The Kier molecular flexibility index (Phi) is 3.96. The number of nitrogens with two attached hydrogens (primary N) is 1. The molecular formula is C13H13ClN2O. The summed E-state index contributed by atoms with van der Waals surface area (Å²) in [6, 6.07) is 11.3. The number of hydrogen-bond acceptors (Lipinski definition) is 3. The minimum absolute atomic E-state index is 0.393. The number of benzene rings is 1. The van der Waals surface area contributed by atoms with Gasteiger partial charge in [0.2, 0.25) is 5.88 Å². The molecule has 2 N–H and O–H groups in total. The maximum atomic E-state index is 6.04. The quantitative estimate of drug-likeness (QED) is 0.905. The topological polar surface area (TPSA) is 48.1 Å². The molecule has 0 amide bonds. The van der Waals surface area contributed by atoms with Crippen molar-refractivity contribution in [2.75, 3.05) is 0 Å². The van der Waals surface area contributed by atoms with E-state index in [1.54, 1.807) is 6.20 Å². The molecule has 4 heteroatoms. The molecule has 0 saturated heterocycles. The van der Waals surface area contributed by atoms with Crippen LogP contribution in [0.3, 0.4) is 0 Å². The molecule has 0 aliphatic carbocycles. The Bertz CT molecular complexity index is 502. The third kappa shape index (κ3) is 2.96. The SMILES string of the molecule is NCc1cccnc1OCc1ccccc1Cl. The van der Waals surface area contributed by atoms with Crippen LogP contribution in [-0.2, 0) is 13.2 Å².